The smallest absolute Gasteiger partial charge is 0.267 e. The lowest BCUT2D eigenvalue weighted by molar-refractivity contribution is 0.566. The quantitative estimate of drug-likeness (QED) is 0.856. The maximum absolute atomic E-state index is 11.9. The van der Waals surface area contributed by atoms with Crippen LogP contribution in [0.15, 0.2) is 33.0 Å². The molecular weight excluding hydrogens is 314 g/mol. The Morgan fingerprint density at radius 1 is 1.56 bits per heavy atom. The van der Waals surface area contributed by atoms with Gasteiger partial charge >= 0.3 is 0 Å². The minimum atomic E-state index is -0.0274. The van der Waals surface area contributed by atoms with Gasteiger partial charge in [-0.15, -0.1) is 11.3 Å². The Morgan fingerprint density at radius 2 is 2.39 bits per heavy atom. The summed E-state index contributed by atoms with van der Waals surface area (Å²) in [6, 6.07) is 4.13. The minimum Gasteiger partial charge on any atom is -0.310 e. The molecule has 0 amide bonds. The summed E-state index contributed by atoms with van der Waals surface area (Å²) in [5.74, 6) is 0.737. The fourth-order valence-corrected chi connectivity index (χ4v) is 2.62. The molecule has 0 aliphatic rings. The van der Waals surface area contributed by atoms with Crippen molar-refractivity contribution in [1.29, 1.82) is 0 Å². The Balaban J connectivity index is 1.91. The zero-order valence-corrected chi connectivity index (χ0v) is 12.4. The fraction of sp³-hybridized carbons (Fsp3) is 0.333. The summed E-state index contributed by atoms with van der Waals surface area (Å²) in [5.41, 5.74) is -0.0274. The first-order valence-electron chi connectivity index (χ1n) is 5.63. The maximum Gasteiger partial charge on any atom is 0.267 e. The molecule has 2 aromatic heterocycles. The molecule has 2 rings (SSSR count). The predicted molar refractivity (Wildman–Crippen MR) is 77.0 cm³/mol. The van der Waals surface area contributed by atoms with Gasteiger partial charge in [-0.25, -0.2) is 4.98 Å². The molecule has 0 radical (unpaired) electrons. The Bertz CT molecular complexity index is 565. The molecule has 0 aromatic carbocycles. The second-order valence-electron chi connectivity index (χ2n) is 3.87. The Kier molecular flexibility index (Phi) is 4.68. The summed E-state index contributed by atoms with van der Waals surface area (Å²) in [6.07, 6.45) is 1.55. The number of thiophene rings is 1. The van der Waals surface area contributed by atoms with Crippen molar-refractivity contribution in [3.8, 4) is 0 Å². The van der Waals surface area contributed by atoms with Gasteiger partial charge in [-0.05, 0) is 34.3 Å². The Hall–Kier alpha value is -0.980. The van der Waals surface area contributed by atoms with Crippen molar-refractivity contribution in [3.63, 3.8) is 0 Å². The lowest BCUT2D eigenvalue weighted by Gasteiger charge is -2.09. The van der Waals surface area contributed by atoms with Crippen LogP contribution in [0.4, 0.5) is 0 Å². The van der Waals surface area contributed by atoms with E-state index in [9.17, 15) is 4.79 Å². The highest BCUT2D eigenvalue weighted by molar-refractivity contribution is 9.10. The minimum absolute atomic E-state index is 0.0274. The van der Waals surface area contributed by atoms with Gasteiger partial charge in [0.1, 0.15) is 10.3 Å². The van der Waals surface area contributed by atoms with E-state index in [4.69, 9.17) is 0 Å². The topological polar surface area (TPSA) is 46.9 Å². The molecule has 0 unspecified atom stereocenters. The monoisotopic (exact) mass is 327 g/mol. The van der Waals surface area contributed by atoms with Gasteiger partial charge in [-0.3, -0.25) is 9.36 Å². The normalized spacial score (nSPS) is 10.8. The van der Waals surface area contributed by atoms with Crippen molar-refractivity contribution in [2.24, 2.45) is 0 Å². The van der Waals surface area contributed by atoms with E-state index in [1.807, 2.05) is 13.0 Å². The molecule has 18 heavy (non-hydrogen) atoms. The molecule has 0 aliphatic heterocycles. The fourth-order valence-electron chi connectivity index (χ4n) is 1.63. The lowest BCUT2D eigenvalue weighted by Crippen LogP contribution is -2.29. The first-order valence-corrected chi connectivity index (χ1v) is 7.31. The lowest BCUT2D eigenvalue weighted by atomic mass is 10.4. The summed E-state index contributed by atoms with van der Waals surface area (Å²) in [5, 5.41) is 5.38. The standard InChI is InChI=1S/C12H14BrN3OS/c1-9-15-8-11(13)12(17)16(9)5-4-14-7-10-3-2-6-18-10/h2-3,6,8,14H,4-5,7H2,1H3. The molecule has 0 spiro atoms. The summed E-state index contributed by atoms with van der Waals surface area (Å²) >= 11 is 4.93. The number of hydrogen-bond donors (Lipinski definition) is 1. The van der Waals surface area contributed by atoms with Crippen molar-refractivity contribution >= 4 is 27.3 Å². The van der Waals surface area contributed by atoms with E-state index in [0.29, 0.717) is 11.0 Å². The molecule has 0 bridgehead atoms. The molecule has 0 aliphatic carbocycles. The van der Waals surface area contributed by atoms with Crippen molar-refractivity contribution in [1.82, 2.24) is 14.9 Å². The molecule has 4 nitrogen and oxygen atoms in total. The van der Waals surface area contributed by atoms with E-state index in [0.717, 1.165) is 18.9 Å². The van der Waals surface area contributed by atoms with Crippen molar-refractivity contribution in [3.05, 3.63) is 49.2 Å². The second kappa shape index (κ2) is 6.26. The number of aryl methyl sites for hydroxylation is 1. The molecule has 0 atom stereocenters. The van der Waals surface area contributed by atoms with Crippen LogP contribution < -0.4 is 10.9 Å². The van der Waals surface area contributed by atoms with Gasteiger partial charge in [-0.1, -0.05) is 6.07 Å². The third-order valence-corrected chi connectivity index (χ3v) is 4.02. The zero-order valence-electron chi connectivity index (χ0n) is 10.0. The van der Waals surface area contributed by atoms with E-state index < -0.39 is 0 Å². The molecule has 1 N–H and O–H groups in total. The van der Waals surface area contributed by atoms with Crippen LogP contribution in [0, 0.1) is 6.92 Å². The third kappa shape index (κ3) is 3.28. The van der Waals surface area contributed by atoms with Crippen molar-refractivity contribution in [2.75, 3.05) is 6.54 Å². The first-order chi connectivity index (χ1) is 8.68. The van der Waals surface area contributed by atoms with Gasteiger partial charge in [0, 0.05) is 30.7 Å². The van der Waals surface area contributed by atoms with Crippen LogP contribution in [0.3, 0.4) is 0 Å². The van der Waals surface area contributed by atoms with Gasteiger partial charge in [-0.2, -0.15) is 0 Å². The largest absolute Gasteiger partial charge is 0.310 e. The van der Waals surface area contributed by atoms with Crippen LogP contribution in [-0.2, 0) is 13.1 Å². The van der Waals surface area contributed by atoms with E-state index in [1.165, 1.54) is 4.88 Å². The summed E-state index contributed by atoms with van der Waals surface area (Å²) < 4.78 is 2.18. The SMILES string of the molecule is Cc1ncc(Br)c(=O)n1CCNCc1cccs1. The number of hydrogen-bond acceptors (Lipinski definition) is 4. The number of nitrogens with one attached hydrogen (secondary N) is 1. The van der Waals surface area contributed by atoms with E-state index in [2.05, 4.69) is 37.7 Å². The van der Waals surface area contributed by atoms with Crippen LogP contribution in [0.2, 0.25) is 0 Å². The highest BCUT2D eigenvalue weighted by Gasteiger charge is 2.04. The highest BCUT2D eigenvalue weighted by atomic mass is 79.9. The summed E-state index contributed by atoms with van der Waals surface area (Å²) in [6.45, 7) is 4.05. The zero-order chi connectivity index (χ0) is 13.0. The number of aromatic nitrogens is 2. The van der Waals surface area contributed by atoms with Crippen molar-refractivity contribution in [2.45, 2.75) is 20.0 Å². The van der Waals surface area contributed by atoms with Crippen LogP contribution in [0.5, 0.6) is 0 Å². The third-order valence-electron chi connectivity index (χ3n) is 2.60. The average Bonchev–Trinajstić information content (AvgIpc) is 2.86. The molecule has 6 heteroatoms. The van der Waals surface area contributed by atoms with Gasteiger partial charge in [0.25, 0.3) is 5.56 Å². The van der Waals surface area contributed by atoms with Crippen LogP contribution >= 0.6 is 27.3 Å². The molecular formula is C12H14BrN3OS. The Morgan fingerprint density at radius 3 is 3.11 bits per heavy atom. The average molecular weight is 328 g/mol. The van der Waals surface area contributed by atoms with Crippen LogP contribution in [-0.4, -0.2) is 16.1 Å². The molecule has 2 aromatic rings. The van der Waals surface area contributed by atoms with Gasteiger partial charge in [0.2, 0.25) is 0 Å². The Labute approximate surface area is 118 Å². The van der Waals surface area contributed by atoms with E-state index >= 15 is 0 Å². The maximum atomic E-state index is 11.9. The van der Waals surface area contributed by atoms with Gasteiger partial charge in [0.05, 0.1) is 0 Å². The molecule has 0 saturated carbocycles. The van der Waals surface area contributed by atoms with E-state index in [1.54, 1.807) is 22.1 Å². The molecule has 0 saturated heterocycles. The molecule has 96 valence electrons. The first kappa shape index (κ1) is 13.5. The van der Waals surface area contributed by atoms with Crippen LogP contribution in [0.25, 0.3) is 0 Å². The predicted octanol–water partition coefficient (Wildman–Crippen LogP) is 2.17. The molecule has 2 heterocycles. The van der Waals surface area contributed by atoms with Gasteiger partial charge < -0.3 is 5.32 Å². The summed E-state index contributed by atoms with van der Waals surface area (Å²) in [7, 11) is 0. The van der Waals surface area contributed by atoms with Crippen LogP contribution in [0.1, 0.15) is 10.7 Å². The van der Waals surface area contributed by atoms with Gasteiger partial charge in [0.15, 0.2) is 0 Å². The second-order valence-corrected chi connectivity index (χ2v) is 5.75. The highest BCUT2D eigenvalue weighted by Crippen LogP contribution is 2.07. The number of nitrogens with zero attached hydrogens (tertiary/aromatic N) is 2. The number of rotatable bonds is 5. The van der Waals surface area contributed by atoms with Crippen molar-refractivity contribution < 1.29 is 0 Å². The molecule has 0 fully saturated rings. The van der Waals surface area contributed by atoms with E-state index in [-0.39, 0.29) is 5.56 Å². The number of halogens is 1. The summed E-state index contributed by atoms with van der Waals surface area (Å²) in [4.78, 5) is 17.3.